The zero-order valence-electron chi connectivity index (χ0n) is 24.8. The number of carbonyl (C=O) groups excluding carboxylic acids is 3. The van der Waals surface area contributed by atoms with Gasteiger partial charge >= 0.3 is 11.9 Å². The highest BCUT2D eigenvalue weighted by Crippen LogP contribution is 2.27. The molecule has 0 bridgehead atoms. The third-order valence-corrected chi connectivity index (χ3v) is 8.49. The van der Waals surface area contributed by atoms with Gasteiger partial charge in [0, 0.05) is 43.6 Å². The number of ketones is 1. The molecule has 224 valence electrons. The Morgan fingerprint density at radius 1 is 0.523 bits per heavy atom. The van der Waals surface area contributed by atoms with Crippen LogP contribution in [-0.4, -0.2) is 42.4 Å². The van der Waals surface area contributed by atoms with Crippen molar-refractivity contribution in [3.63, 3.8) is 0 Å². The highest BCUT2D eigenvalue weighted by Gasteiger charge is 2.11. The monoisotopic (exact) mass is 622 g/mol. The molecule has 7 heteroatoms. The molecule has 0 aliphatic rings. The molecule has 0 spiro atoms. The van der Waals surface area contributed by atoms with E-state index >= 15 is 0 Å². The topological polar surface area (TPSA) is 69.7 Å². The first kappa shape index (κ1) is 32.6. The van der Waals surface area contributed by atoms with Crippen molar-refractivity contribution in [2.24, 2.45) is 0 Å². The van der Waals surface area contributed by atoms with Gasteiger partial charge in [-0.1, -0.05) is 86.0 Å². The largest absolute Gasteiger partial charge is 0.461 e. The summed E-state index contributed by atoms with van der Waals surface area (Å²) in [5, 5.41) is 0. The van der Waals surface area contributed by atoms with Gasteiger partial charge in [-0.3, -0.25) is 4.79 Å². The lowest BCUT2D eigenvalue weighted by molar-refractivity contribution is -0.139. The second kappa shape index (κ2) is 15.9. The minimum Gasteiger partial charge on any atom is -0.461 e. The van der Waals surface area contributed by atoms with Crippen LogP contribution in [0.1, 0.15) is 29.8 Å². The van der Waals surface area contributed by atoms with Crippen LogP contribution in [0.5, 0.6) is 0 Å². The maximum absolute atomic E-state index is 13.2. The molecule has 0 amide bonds. The van der Waals surface area contributed by atoms with Crippen molar-refractivity contribution in [1.82, 2.24) is 0 Å². The zero-order valence-corrected chi connectivity index (χ0v) is 26.5. The van der Waals surface area contributed by atoms with Crippen molar-refractivity contribution >= 4 is 41.2 Å². The van der Waals surface area contributed by atoms with Crippen LogP contribution in [0.4, 0.5) is 0 Å². The number of hydrogen-bond acceptors (Lipinski definition) is 7. The SMILES string of the molecule is C=C(C)C(=O)OCCSc1ccc(-c2ccc(C(=O)c3ccc(-c4ccc(SCCOC(=O)C(=C)C)cc4)cc3)cc2)cc1. The lowest BCUT2D eigenvalue weighted by Crippen LogP contribution is -2.07. The molecule has 0 saturated heterocycles. The van der Waals surface area contributed by atoms with E-state index in [4.69, 9.17) is 9.47 Å². The quantitative estimate of drug-likeness (QED) is 0.0458. The van der Waals surface area contributed by atoms with Crippen LogP contribution in [-0.2, 0) is 19.1 Å². The molecule has 5 nitrogen and oxygen atoms in total. The van der Waals surface area contributed by atoms with Crippen LogP contribution in [0.15, 0.2) is 131 Å². The van der Waals surface area contributed by atoms with E-state index in [0.29, 0.717) is 47.0 Å². The van der Waals surface area contributed by atoms with E-state index in [9.17, 15) is 14.4 Å². The maximum Gasteiger partial charge on any atom is 0.333 e. The van der Waals surface area contributed by atoms with Crippen molar-refractivity contribution in [1.29, 1.82) is 0 Å². The van der Waals surface area contributed by atoms with Crippen LogP contribution >= 0.6 is 23.5 Å². The molecule has 0 fully saturated rings. The molecule has 0 saturated carbocycles. The van der Waals surface area contributed by atoms with Crippen LogP contribution in [0, 0.1) is 0 Å². The molecule has 0 aromatic heterocycles. The minimum absolute atomic E-state index is 0.0266. The minimum atomic E-state index is -0.365. The van der Waals surface area contributed by atoms with E-state index < -0.39 is 0 Å². The van der Waals surface area contributed by atoms with Crippen LogP contribution in [0.2, 0.25) is 0 Å². The van der Waals surface area contributed by atoms with Gasteiger partial charge in [-0.25, -0.2) is 9.59 Å². The lowest BCUT2D eigenvalue weighted by atomic mass is 9.97. The standard InChI is InChI=1S/C37H34O5S2/c1-25(2)36(39)41-21-23-43-33-17-13-29(14-18-33)27-5-9-31(10-6-27)35(38)32-11-7-28(8-12-32)30-15-19-34(20-16-30)44-24-22-42-37(40)26(3)4/h5-20H,1,3,21-24H2,2,4H3. The fraction of sp³-hybridized carbons (Fsp3) is 0.162. The summed E-state index contributed by atoms with van der Waals surface area (Å²) in [6, 6.07) is 31.6. The number of rotatable bonds is 14. The third kappa shape index (κ3) is 9.33. The number of esters is 2. The molecule has 0 N–H and O–H groups in total. The molecule has 4 aromatic carbocycles. The molecule has 0 heterocycles. The first-order chi connectivity index (χ1) is 21.2. The van der Waals surface area contributed by atoms with Gasteiger partial charge in [-0.2, -0.15) is 0 Å². The fourth-order valence-electron chi connectivity index (χ4n) is 4.12. The average molecular weight is 623 g/mol. The Balaban J connectivity index is 1.28. The predicted molar refractivity (Wildman–Crippen MR) is 180 cm³/mol. The van der Waals surface area contributed by atoms with E-state index in [2.05, 4.69) is 13.2 Å². The number of ether oxygens (including phenoxy) is 2. The van der Waals surface area contributed by atoms with Crippen molar-refractivity contribution in [3.8, 4) is 22.3 Å². The summed E-state index contributed by atoms with van der Waals surface area (Å²) in [5.74, 6) is 0.575. The Hall–Kier alpha value is -4.33. The first-order valence-corrected chi connectivity index (χ1v) is 16.0. The van der Waals surface area contributed by atoms with Crippen LogP contribution < -0.4 is 0 Å². The second-order valence-corrected chi connectivity index (χ2v) is 12.4. The molecule has 0 atom stereocenters. The molecule has 0 unspecified atom stereocenters. The van der Waals surface area contributed by atoms with Gasteiger partial charge in [0.25, 0.3) is 0 Å². The van der Waals surface area contributed by atoms with Crippen molar-refractivity contribution in [2.75, 3.05) is 24.7 Å². The summed E-state index contributed by atoms with van der Waals surface area (Å²) in [7, 11) is 0. The van der Waals surface area contributed by atoms with Gasteiger partial charge in [0.2, 0.25) is 0 Å². The van der Waals surface area contributed by atoms with Crippen molar-refractivity contribution < 1.29 is 23.9 Å². The Morgan fingerprint density at radius 2 is 0.818 bits per heavy atom. The number of thioether (sulfide) groups is 2. The molecule has 0 aliphatic heterocycles. The van der Waals surface area contributed by atoms with E-state index in [1.807, 2.05) is 97.1 Å². The van der Waals surface area contributed by atoms with Gasteiger partial charge < -0.3 is 9.47 Å². The van der Waals surface area contributed by atoms with Crippen molar-refractivity contribution in [3.05, 3.63) is 132 Å². The number of carbonyl (C=O) groups is 3. The van der Waals surface area contributed by atoms with Crippen LogP contribution in [0.25, 0.3) is 22.3 Å². The van der Waals surface area contributed by atoms with Gasteiger partial charge in [0.05, 0.1) is 0 Å². The molecule has 0 aliphatic carbocycles. The molecule has 44 heavy (non-hydrogen) atoms. The van der Waals surface area contributed by atoms with E-state index in [0.717, 1.165) is 32.0 Å². The zero-order chi connectivity index (χ0) is 31.5. The summed E-state index contributed by atoms with van der Waals surface area (Å²) in [4.78, 5) is 38.3. The Labute approximate surface area is 267 Å². The van der Waals surface area contributed by atoms with Crippen LogP contribution in [0.3, 0.4) is 0 Å². The van der Waals surface area contributed by atoms with Crippen molar-refractivity contribution in [2.45, 2.75) is 23.6 Å². The average Bonchev–Trinajstić information content (AvgIpc) is 3.05. The molecule has 4 aromatic rings. The summed E-state index contributed by atoms with van der Waals surface area (Å²) in [6.45, 7) is 11.1. The highest BCUT2D eigenvalue weighted by atomic mass is 32.2. The highest BCUT2D eigenvalue weighted by molar-refractivity contribution is 7.99. The maximum atomic E-state index is 13.2. The molecular formula is C37H34O5S2. The third-order valence-electron chi connectivity index (χ3n) is 6.54. The lowest BCUT2D eigenvalue weighted by Gasteiger charge is -2.08. The van der Waals surface area contributed by atoms with E-state index in [-0.39, 0.29) is 17.7 Å². The summed E-state index contributed by atoms with van der Waals surface area (Å²) < 4.78 is 10.3. The Morgan fingerprint density at radius 3 is 1.11 bits per heavy atom. The Bertz CT molecular complexity index is 1500. The Kier molecular flexibility index (Phi) is 11.8. The summed E-state index contributed by atoms with van der Waals surface area (Å²) in [5.41, 5.74) is 6.23. The number of hydrogen-bond donors (Lipinski definition) is 0. The smallest absolute Gasteiger partial charge is 0.333 e. The van der Waals surface area contributed by atoms with E-state index in [1.54, 1.807) is 37.4 Å². The molecule has 4 rings (SSSR count). The van der Waals surface area contributed by atoms with Gasteiger partial charge in [0.15, 0.2) is 5.78 Å². The van der Waals surface area contributed by atoms with Gasteiger partial charge in [0.1, 0.15) is 13.2 Å². The number of benzene rings is 4. The van der Waals surface area contributed by atoms with E-state index in [1.165, 1.54) is 0 Å². The first-order valence-electron chi connectivity index (χ1n) is 14.1. The second-order valence-electron chi connectivity index (χ2n) is 10.1. The molecular weight excluding hydrogens is 589 g/mol. The van der Waals surface area contributed by atoms with Gasteiger partial charge in [-0.15, -0.1) is 23.5 Å². The fourth-order valence-corrected chi connectivity index (χ4v) is 5.58. The summed E-state index contributed by atoms with van der Waals surface area (Å²) in [6.07, 6.45) is 0. The summed E-state index contributed by atoms with van der Waals surface area (Å²) >= 11 is 3.24. The van der Waals surface area contributed by atoms with Gasteiger partial charge in [-0.05, 0) is 60.4 Å². The molecule has 0 radical (unpaired) electrons. The predicted octanol–water partition coefficient (Wildman–Crippen LogP) is 8.67. The normalized spacial score (nSPS) is 10.6.